The molecule has 0 aliphatic carbocycles. The Morgan fingerprint density at radius 2 is 2.05 bits per heavy atom. The third kappa shape index (κ3) is 5.47. The molecular weight excluding hydrogens is 314 g/mol. The van der Waals surface area contributed by atoms with Gasteiger partial charge in [-0.3, -0.25) is 0 Å². The van der Waals surface area contributed by atoms with Gasteiger partial charge >= 0.3 is 0 Å². The lowest BCUT2D eigenvalue weighted by atomic mass is 10.2. The molecule has 1 fully saturated rings. The highest BCUT2D eigenvalue weighted by Crippen LogP contribution is 2.23. The summed E-state index contributed by atoms with van der Waals surface area (Å²) in [4.78, 5) is 10.6. The van der Waals surface area contributed by atoms with E-state index in [1.165, 1.54) is 43.4 Å². The highest BCUT2D eigenvalue weighted by molar-refractivity contribution is 8.00. The fourth-order valence-electron chi connectivity index (χ4n) is 2.04. The fourth-order valence-corrected chi connectivity index (χ4v) is 3.26. The lowest BCUT2D eigenvalue weighted by Crippen LogP contribution is -2.10. The summed E-state index contributed by atoms with van der Waals surface area (Å²) >= 11 is 3.05. The molecule has 1 aliphatic heterocycles. The summed E-state index contributed by atoms with van der Waals surface area (Å²) in [5, 5.41) is 6.13. The molecule has 2 aromatic rings. The Kier molecular flexibility index (Phi) is 6.95. The van der Waals surface area contributed by atoms with Gasteiger partial charge in [-0.15, -0.1) is 11.3 Å². The predicted octanol–water partition coefficient (Wildman–Crippen LogP) is 3.40. The summed E-state index contributed by atoms with van der Waals surface area (Å²) in [5.41, 5.74) is 4.16. The Bertz CT molecular complexity index is 545. The van der Waals surface area contributed by atoms with Crippen molar-refractivity contribution >= 4 is 34.8 Å². The summed E-state index contributed by atoms with van der Waals surface area (Å²) in [6, 6.07) is 2.07. The maximum absolute atomic E-state index is 4.39. The van der Waals surface area contributed by atoms with Crippen LogP contribution < -0.4 is 14.9 Å². The summed E-state index contributed by atoms with van der Waals surface area (Å²) in [6.07, 6.45) is 4.67. The highest BCUT2D eigenvalue weighted by Gasteiger charge is 2.04. The maximum Gasteiger partial charge on any atom is 0.147 e. The molecule has 0 atom stereocenters. The van der Waals surface area contributed by atoms with Crippen molar-refractivity contribution < 1.29 is 0 Å². The van der Waals surface area contributed by atoms with Crippen LogP contribution in [0.2, 0.25) is 0 Å². The lowest BCUT2D eigenvalue weighted by molar-refractivity contribution is 0.857. The van der Waals surface area contributed by atoms with E-state index in [0.717, 1.165) is 16.5 Å². The standard InChI is InChI=1S/C11H14N4S2.C4H9N/c1-8-4-11(12-5-9(8)15(2)3)17-14-10-6-16-7-13-10;1-2-4-5-3-1/h4-7,14H,1-3H3;5H,1-4H2. The van der Waals surface area contributed by atoms with E-state index < -0.39 is 0 Å². The normalized spacial score (nSPS) is 13.4. The third-order valence-corrected chi connectivity index (χ3v) is 4.52. The van der Waals surface area contributed by atoms with Crippen LogP contribution in [0.4, 0.5) is 11.5 Å². The van der Waals surface area contributed by atoms with Gasteiger partial charge in [-0.1, -0.05) is 0 Å². The number of thiazole rings is 1. The molecule has 0 bridgehead atoms. The van der Waals surface area contributed by atoms with Crippen LogP contribution in [0.5, 0.6) is 0 Å². The second-order valence-corrected chi connectivity index (χ2v) is 6.78. The van der Waals surface area contributed by atoms with Crippen LogP contribution in [0.25, 0.3) is 0 Å². The largest absolute Gasteiger partial charge is 0.376 e. The summed E-state index contributed by atoms with van der Waals surface area (Å²) < 4.78 is 3.16. The van der Waals surface area contributed by atoms with Gasteiger partial charge in [0.05, 0.1) is 17.4 Å². The molecule has 0 saturated carbocycles. The van der Waals surface area contributed by atoms with Crippen LogP contribution in [-0.4, -0.2) is 37.2 Å². The van der Waals surface area contributed by atoms with Gasteiger partial charge in [0.2, 0.25) is 0 Å². The minimum atomic E-state index is 0.871. The molecule has 22 heavy (non-hydrogen) atoms. The quantitative estimate of drug-likeness (QED) is 0.834. The Morgan fingerprint density at radius 3 is 2.55 bits per heavy atom. The molecule has 0 aromatic carbocycles. The second-order valence-electron chi connectivity index (χ2n) is 5.24. The fraction of sp³-hybridized carbons (Fsp3) is 0.467. The average Bonchev–Trinajstić information content (AvgIpc) is 3.21. The van der Waals surface area contributed by atoms with E-state index in [0.29, 0.717) is 0 Å². The zero-order chi connectivity index (χ0) is 15.8. The molecule has 3 rings (SSSR count). The third-order valence-electron chi connectivity index (χ3n) is 3.19. The molecule has 7 heteroatoms. The van der Waals surface area contributed by atoms with Gasteiger partial charge in [-0.2, -0.15) is 0 Å². The van der Waals surface area contributed by atoms with E-state index in [2.05, 4.69) is 37.9 Å². The molecule has 1 saturated heterocycles. The second kappa shape index (κ2) is 8.97. The molecule has 2 N–H and O–H groups in total. The van der Waals surface area contributed by atoms with E-state index in [-0.39, 0.29) is 0 Å². The lowest BCUT2D eigenvalue weighted by Gasteiger charge is -2.15. The van der Waals surface area contributed by atoms with E-state index in [1.807, 2.05) is 25.7 Å². The van der Waals surface area contributed by atoms with E-state index >= 15 is 0 Å². The summed E-state index contributed by atoms with van der Waals surface area (Å²) in [6.45, 7) is 4.59. The first-order valence-corrected chi connectivity index (χ1v) is 9.08. The van der Waals surface area contributed by atoms with Crippen molar-refractivity contribution in [3.05, 3.63) is 28.7 Å². The molecule has 0 amide bonds. The molecule has 120 valence electrons. The van der Waals surface area contributed by atoms with Gasteiger partial charge < -0.3 is 14.9 Å². The van der Waals surface area contributed by atoms with Gasteiger partial charge in [0.25, 0.3) is 0 Å². The average molecular weight is 338 g/mol. The SMILES string of the molecule is C1CCNC1.Cc1cc(SNc2cscn2)ncc1N(C)C. The summed E-state index contributed by atoms with van der Waals surface area (Å²) in [7, 11) is 4.04. The minimum absolute atomic E-state index is 0.871. The van der Waals surface area contributed by atoms with Crippen molar-refractivity contribution in [2.24, 2.45) is 0 Å². The number of nitrogens with zero attached hydrogens (tertiary/aromatic N) is 3. The number of nitrogens with one attached hydrogen (secondary N) is 2. The molecule has 0 spiro atoms. The first-order chi connectivity index (χ1) is 10.7. The number of aryl methyl sites for hydroxylation is 1. The smallest absolute Gasteiger partial charge is 0.147 e. The molecule has 0 radical (unpaired) electrons. The van der Waals surface area contributed by atoms with Crippen LogP contribution >= 0.6 is 23.3 Å². The van der Waals surface area contributed by atoms with Crippen LogP contribution in [0.1, 0.15) is 18.4 Å². The molecule has 1 aliphatic rings. The Morgan fingerprint density at radius 1 is 1.27 bits per heavy atom. The Balaban J connectivity index is 0.000000299. The van der Waals surface area contributed by atoms with Gasteiger partial charge in [0, 0.05) is 31.4 Å². The zero-order valence-electron chi connectivity index (χ0n) is 13.3. The van der Waals surface area contributed by atoms with Gasteiger partial charge in [0.1, 0.15) is 10.8 Å². The minimum Gasteiger partial charge on any atom is -0.376 e. The van der Waals surface area contributed by atoms with E-state index in [4.69, 9.17) is 0 Å². The predicted molar refractivity (Wildman–Crippen MR) is 97.0 cm³/mol. The summed E-state index contributed by atoms with van der Waals surface area (Å²) in [5.74, 6) is 0.871. The molecule has 2 aromatic heterocycles. The molecule has 3 heterocycles. The maximum atomic E-state index is 4.39. The monoisotopic (exact) mass is 337 g/mol. The van der Waals surface area contributed by atoms with E-state index in [9.17, 15) is 0 Å². The molecule has 5 nitrogen and oxygen atoms in total. The van der Waals surface area contributed by atoms with Gasteiger partial charge in [-0.25, -0.2) is 9.97 Å². The molecular formula is C15H23N5S2. The zero-order valence-corrected chi connectivity index (χ0v) is 14.9. The van der Waals surface area contributed by atoms with Crippen LogP contribution in [0, 0.1) is 6.92 Å². The number of rotatable bonds is 4. The number of hydrogen-bond acceptors (Lipinski definition) is 7. The van der Waals surface area contributed by atoms with Gasteiger partial charge in [-0.05, 0) is 44.5 Å². The first kappa shape index (κ1) is 17.1. The van der Waals surface area contributed by atoms with Gasteiger partial charge in [0.15, 0.2) is 0 Å². The first-order valence-electron chi connectivity index (χ1n) is 7.32. The Labute approximate surface area is 140 Å². The topological polar surface area (TPSA) is 53.1 Å². The molecule has 0 unspecified atom stereocenters. The Hall–Kier alpha value is -1.31. The van der Waals surface area contributed by atoms with Crippen molar-refractivity contribution in [2.45, 2.75) is 24.8 Å². The number of anilines is 2. The number of hydrogen-bond donors (Lipinski definition) is 2. The van der Waals surface area contributed by atoms with Crippen molar-refractivity contribution in [1.82, 2.24) is 15.3 Å². The van der Waals surface area contributed by atoms with Crippen molar-refractivity contribution in [1.29, 1.82) is 0 Å². The van der Waals surface area contributed by atoms with Crippen LogP contribution in [0.15, 0.2) is 28.2 Å². The van der Waals surface area contributed by atoms with Crippen molar-refractivity contribution in [3.63, 3.8) is 0 Å². The van der Waals surface area contributed by atoms with E-state index in [1.54, 1.807) is 16.8 Å². The number of aromatic nitrogens is 2. The van der Waals surface area contributed by atoms with Crippen molar-refractivity contribution in [3.8, 4) is 0 Å². The van der Waals surface area contributed by atoms with Crippen LogP contribution in [-0.2, 0) is 0 Å². The van der Waals surface area contributed by atoms with Crippen molar-refractivity contribution in [2.75, 3.05) is 36.8 Å². The van der Waals surface area contributed by atoms with Crippen LogP contribution in [0.3, 0.4) is 0 Å². The number of pyridine rings is 1. The highest BCUT2D eigenvalue weighted by atomic mass is 32.2.